The van der Waals surface area contributed by atoms with Crippen LogP contribution in [0.3, 0.4) is 0 Å². The SMILES string of the molecule is COc1ccc(Nc2cc(N3CCOCC3)nc(C)n2)c(OC)c1. The number of nitrogens with one attached hydrogen (secondary N) is 1. The van der Waals surface area contributed by atoms with Gasteiger partial charge in [0.25, 0.3) is 0 Å². The monoisotopic (exact) mass is 330 g/mol. The Morgan fingerprint density at radius 1 is 1.08 bits per heavy atom. The number of aromatic nitrogens is 2. The molecule has 3 rings (SSSR count). The van der Waals surface area contributed by atoms with Crippen LogP contribution in [0.4, 0.5) is 17.3 Å². The topological polar surface area (TPSA) is 68.7 Å². The van der Waals surface area contributed by atoms with E-state index >= 15 is 0 Å². The third-order valence-corrected chi connectivity index (χ3v) is 3.83. The van der Waals surface area contributed by atoms with Crippen LogP contribution >= 0.6 is 0 Å². The molecule has 0 radical (unpaired) electrons. The van der Waals surface area contributed by atoms with Gasteiger partial charge in [-0.2, -0.15) is 0 Å². The molecule has 7 heteroatoms. The number of hydrogen-bond acceptors (Lipinski definition) is 7. The van der Waals surface area contributed by atoms with E-state index in [1.54, 1.807) is 14.2 Å². The minimum Gasteiger partial charge on any atom is -0.497 e. The van der Waals surface area contributed by atoms with E-state index in [4.69, 9.17) is 14.2 Å². The Bertz CT molecular complexity index is 702. The van der Waals surface area contributed by atoms with E-state index in [0.717, 1.165) is 49.4 Å². The summed E-state index contributed by atoms with van der Waals surface area (Å²) in [6.07, 6.45) is 0. The second-order valence-electron chi connectivity index (χ2n) is 5.45. The van der Waals surface area contributed by atoms with E-state index in [-0.39, 0.29) is 0 Å². The van der Waals surface area contributed by atoms with Crippen LogP contribution in [0.5, 0.6) is 11.5 Å². The van der Waals surface area contributed by atoms with Crippen LogP contribution in [-0.2, 0) is 4.74 Å². The van der Waals surface area contributed by atoms with Crippen molar-refractivity contribution in [2.45, 2.75) is 6.92 Å². The Morgan fingerprint density at radius 3 is 2.58 bits per heavy atom. The molecule has 0 bridgehead atoms. The van der Waals surface area contributed by atoms with Crippen molar-refractivity contribution < 1.29 is 14.2 Å². The van der Waals surface area contributed by atoms with E-state index in [9.17, 15) is 0 Å². The van der Waals surface area contributed by atoms with E-state index in [1.807, 2.05) is 31.2 Å². The molecule has 7 nitrogen and oxygen atoms in total. The summed E-state index contributed by atoms with van der Waals surface area (Å²) in [5, 5.41) is 3.31. The second-order valence-corrected chi connectivity index (χ2v) is 5.45. The van der Waals surface area contributed by atoms with Crippen molar-refractivity contribution in [1.82, 2.24) is 9.97 Å². The molecule has 1 saturated heterocycles. The molecule has 0 unspecified atom stereocenters. The zero-order chi connectivity index (χ0) is 16.9. The first-order valence-corrected chi connectivity index (χ1v) is 7.87. The minimum atomic E-state index is 0.693. The van der Waals surface area contributed by atoms with Gasteiger partial charge in [-0.3, -0.25) is 0 Å². The van der Waals surface area contributed by atoms with Crippen molar-refractivity contribution in [1.29, 1.82) is 0 Å². The van der Waals surface area contributed by atoms with Crippen molar-refractivity contribution in [2.75, 3.05) is 50.7 Å². The molecule has 1 aromatic carbocycles. The largest absolute Gasteiger partial charge is 0.497 e. The highest BCUT2D eigenvalue weighted by Crippen LogP contribution is 2.31. The van der Waals surface area contributed by atoms with E-state index in [2.05, 4.69) is 20.2 Å². The van der Waals surface area contributed by atoms with Crippen LogP contribution in [0.1, 0.15) is 5.82 Å². The summed E-state index contributed by atoms with van der Waals surface area (Å²) in [4.78, 5) is 11.2. The normalized spacial score (nSPS) is 14.4. The fourth-order valence-electron chi connectivity index (χ4n) is 2.61. The third kappa shape index (κ3) is 3.68. The summed E-state index contributed by atoms with van der Waals surface area (Å²) in [6.45, 7) is 5.00. The Balaban J connectivity index is 1.86. The van der Waals surface area contributed by atoms with Gasteiger partial charge < -0.3 is 24.4 Å². The Morgan fingerprint density at radius 2 is 1.88 bits per heavy atom. The fraction of sp³-hybridized carbons (Fsp3) is 0.412. The van der Waals surface area contributed by atoms with Crippen molar-refractivity contribution in [3.63, 3.8) is 0 Å². The molecular formula is C17H22N4O3. The predicted molar refractivity (Wildman–Crippen MR) is 92.6 cm³/mol. The Kier molecular flexibility index (Phi) is 5.00. The molecular weight excluding hydrogens is 308 g/mol. The summed E-state index contributed by atoms with van der Waals surface area (Å²) >= 11 is 0. The van der Waals surface area contributed by atoms with Gasteiger partial charge in [-0.05, 0) is 19.1 Å². The number of rotatable bonds is 5. The van der Waals surface area contributed by atoms with Gasteiger partial charge in [0, 0.05) is 25.2 Å². The predicted octanol–water partition coefficient (Wildman–Crippen LogP) is 2.38. The number of methoxy groups -OCH3 is 2. The molecule has 1 fully saturated rings. The van der Waals surface area contributed by atoms with Gasteiger partial charge >= 0.3 is 0 Å². The molecule has 0 saturated carbocycles. The molecule has 0 amide bonds. The maximum absolute atomic E-state index is 5.42. The van der Waals surface area contributed by atoms with Crippen LogP contribution in [0.15, 0.2) is 24.3 Å². The first-order chi connectivity index (χ1) is 11.7. The smallest absolute Gasteiger partial charge is 0.146 e. The quantitative estimate of drug-likeness (QED) is 0.902. The number of aryl methyl sites for hydroxylation is 1. The van der Waals surface area contributed by atoms with E-state index in [0.29, 0.717) is 11.6 Å². The van der Waals surface area contributed by atoms with Crippen LogP contribution in [0.25, 0.3) is 0 Å². The number of morpholine rings is 1. The fourth-order valence-corrected chi connectivity index (χ4v) is 2.61. The van der Waals surface area contributed by atoms with Gasteiger partial charge in [-0.15, -0.1) is 0 Å². The Hall–Kier alpha value is -2.54. The van der Waals surface area contributed by atoms with E-state index < -0.39 is 0 Å². The lowest BCUT2D eigenvalue weighted by molar-refractivity contribution is 0.122. The third-order valence-electron chi connectivity index (χ3n) is 3.83. The average Bonchev–Trinajstić information content (AvgIpc) is 2.62. The molecule has 1 aliphatic heterocycles. The van der Waals surface area contributed by atoms with Crippen molar-refractivity contribution >= 4 is 17.3 Å². The van der Waals surface area contributed by atoms with Crippen molar-refractivity contribution in [3.8, 4) is 11.5 Å². The van der Waals surface area contributed by atoms with Crippen LogP contribution in [0, 0.1) is 6.92 Å². The maximum Gasteiger partial charge on any atom is 0.146 e. The summed E-state index contributed by atoms with van der Waals surface area (Å²) < 4.78 is 16.1. The van der Waals surface area contributed by atoms with Crippen LogP contribution in [0.2, 0.25) is 0 Å². The van der Waals surface area contributed by atoms with Crippen molar-refractivity contribution in [2.24, 2.45) is 0 Å². The summed E-state index contributed by atoms with van der Waals surface area (Å²) in [7, 11) is 3.26. The molecule has 1 N–H and O–H groups in total. The molecule has 1 aromatic heterocycles. The van der Waals surface area contributed by atoms with Crippen molar-refractivity contribution in [3.05, 3.63) is 30.1 Å². The Labute approximate surface area is 141 Å². The van der Waals surface area contributed by atoms with Gasteiger partial charge in [0.15, 0.2) is 0 Å². The number of benzene rings is 1. The summed E-state index contributed by atoms with van der Waals surface area (Å²) in [5.41, 5.74) is 0.823. The summed E-state index contributed by atoms with van der Waals surface area (Å²) in [5.74, 6) is 3.78. The number of anilines is 3. The van der Waals surface area contributed by atoms with E-state index in [1.165, 1.54) is 0 Å². The molecule has 24 heavy (non-hydrogen) atoms. The number of nitrogens with zero attached hydrogens (tertiary/aromatic N) is 3. The van der Waals surface area contributed by atoms with Gasteiger partial charge in [-0.25, -0.2) is 9.97 Å². The second kappa shape index (κ2) is 7.35. The highest BCUT2D eigenvalue weighted by atomic mass is 16.5. The highest BCUT2D eigenvalue weighted by Gasteiger charge is 2.15. The van der Waals surface area contributed by atoms with Gasteiger partial charge in [-0.1, -0.05) is 0 Å². The first kappa shape index (κ1) is 16.3. The number of hydrogen-bond donors (Lipinski definition) is 1. The summed E-state index contributed by atoms with van der Waals surface area (Å²) in [6, 6.07) is 7.56. The lowest BCUT2D eigenvalue weighted by Crippen LogP contribution is -2.36. The minimum absolute atomic E-state index is 0.693. The molecule has 1 aliphatic rings. The van der Waals surface area contributed by atoms with Gasteiger partial charge in [0.05, 0.1) is 33.1 Å². The zero-order valence-corrected chi connectivity index (χ0v) is 14.2. The molecule has 128 valence electrons. The van der Waals surface area contributed by atoms with Gasteiger partial charge in [0.2, 0.25) is 0 Å². The molecule has 0 spiro atoms. The molecule has 2 aromatic rings. The molecule has 0 aliphatic carbocycles. The first-order valence-electron chi connectivity index (χ1n) is 7.87. The lowest BCUT2D eigenvalue weighted by Gasteiger charge is -2.28. The zero-order valence-electron chi connectivity index (χ0n) is 14.2. The molecule has 2 heterocycles. The molecule has 0 atom stereocenters. The average molecular weight is 330 g/mol. The standard InChI is InChI=1S/C17H22N4O3/c1-12-18-16(11-17(19-12)21-6-8-24-9-7-21)20-14-5-4-13(22-2)10-15(14)23-3/h4-5,10-11H,6-9H2,1-3H3,(H,18,19,20). The number of ether oxygens (including phenoxy) is 3. The highest BCUT2D eigenvalue weighted by molar-refractivity contribution is 5.67. The lowest BCUT2D eigenvalue weighted by atomic mass is 10.2. The van der Waals surface area contributed by atoms with Crippen LogP contribution < -0.4 is 19.7 Å². The maximum atomic E-state index is 5.42. The van der Waals surface area contributed by atoms with Gasteiger partial charge in [0.1, 0.15) is 29.0 Å². The van der Waals surface area contributed by atoms with Crippen LogP contribution in [-0.4, -0.2) is 50.5 Å².